The molecule has 5 nitrogen and oxygen atoms in total. The smallest absolute Gasteiger partial charge is 0.326 e. The van der Waals surface area contributed by atoms with Gasteiger partial charge in [-0.1, -0.05) is 0 Å². The summed E-state index contributed by atoms with van der Waals surface area (Å²) >= 11 is 0. The Kier molecular flexibility index (Phi) is 3.48. The normalized spacial score (nSPS) is 21.0. The molecule has 0 bridgehead atoms. The van der Waals surface area contributed by atoms with E-state index in [1.807, 2.05) is 0 Å². The van der Waals surface area contributed by atoms with Gasteiger partial charge in [0.05, 0.1) is 0 Å². The monoisotopic (exact) mass is 331 g/mol. The second kappa shape index (κ2) is 4.99. The van der Waals surface area contributed by atoms with Crippen molar-refractivity contribution in [2.45, 2.75) is 37.0 Å². The molecule has 8 heteroatoms. The molecular weight excluding hydrogens is 316 g/mol. The van der Waals surface area contributed by atoms with Crippen LogP contribution in [-0.2, 0) is 27.8 Å². The SMILES string of the molecule is O=C(O)C1(S(=O)(=O)N2CCc3c(F)ccc(F)c3C2)CCC1. The molecule has 1 saturated carbocycles. The lowest BCUT2D eigenvalue weighted by Gasteiger charge is -2.41. The topological polar surface area (TPSA) is 74.7 Å². The number of nitrogens with zero attached hydrogens (tertiary/aromatic N) is 1. The first kappa shape index (κ1) is 15.4. The Morgan fingerprint density at radius 1 is 1.18 bits per heavy atom. The fraction of sp³-hybridized carbons (Fsp3) is 0.500. The van der Waals surface area contributed by atoms with Crippen molar-refractivity contribution < 1.29 is 27.1 Å². The number of benzene rings is 1. The molecule has 1 N–H and O–H groups in total. The van der Waals surface area contributed by atoms with Crippen LogP contribution in [0.1, 0.15) is 30.4 Å². The first-order valence-electron chi connectivity index (χ1n) is 6.98. The van der Waals surface area contributed by atoms with Gasteiger partial charge >= 0.3 is 5.97 Å². The Balaban J connectivity index is 1.98. The molecule has 1 aromatic rings. The summed E-state index contributed by atoms with van der Waals surface area (Å²) < 4.78 is 52.0. The van der Waals surface area contributed by atoms with Crippen LogP contribution in [0.3, 0.4) is 0 Å². The van der Waals surface area contributed by atoms with E-state index in [9.17, 15) is 27.1 Å². The van der Waals surface area contributed by atoms with Gasteiger partial charge < -0.3 is 5.11 Å². The van der Waals surface area contributed by atoms with E-state index in [0.29, 0.717) is 6.42 Å². The fourth-order valence-electron chi connectivity index (χ4n) is 3.10. The van der Waals surface area contributed by atoms with Crippen molar-refractivity contribution in [2.24, 2.45) is 0 Å². The average Bonchev–Trinajstić information content (AvgIpc) is 2.40. The lowest BCUT2D eigenvalue weighted by atomic mass is 9.84. The third-order valence-corrected chi connectivity index (χ3v) is 7.21. The summed E-state index contributed by atoms with van der Waals surface area (Å²) in [6.45, 7) is -0.360. The highest BCUT2D eigenvalue weighted by Crippen LogP contribution is 2.42. The first-order valence-corrected chi connectivity index (χ1v) is 8.42. The van der Waals surface area contributed by atoms with Crippen LogP contribution in [0.15, 0.2) is 12.1 Å². The van der Waals surface area contributed by atoms with Crippen molar-refractivity contribution in [3.05, 3.63) is 34.9 Å². The van der Waals surface area contributed by atoms with E-state index in [-0.39, 0.29) is 43.5 Å². The van der Waals surface area contributed by atoms with Gasteiger partial charge in [-0.2, -0.15) is 4.31 Å². The van der Waals surface area contributed by atoms with Gasteiger partial charge in [0, 0.05) is 18.7 Å². The highest BCUT2D eigenvalue weighted by molar-refractivity contribution is 7.91. The number of halogens is 2. The quantitative estimate of drug-likeness (QED) is 0.914. The Hall–Kier alpha value is -1.54. The average molecular weight is 331 g/mol. The zero-order valence-corrected chi connectivity index (χ0v) is 12.5. The number of carboxylic acids is 1. The van der Waals surface area contributed by atoms with Gasteiger partial charge in [0.1, 0.15) is 11.6 Å². The molecule has 3 rings (SSSR count). The van der Waals surface area contributed by atoms with Gasteiger partial charge in [-0.05, 0) is 43.4 Å². The van der Waals surface area contributed by atoms with E-state index in [0.717, 1.165) is 16.4 Å². The summed E-state index contributed by atoms with van der Waals surface area (Å²) in [5.74, 6) is -2.61. The van der Waals surface area contributed by atoms with Crippen molar-refractivity contribution >= 4 is 16.0 Å². The van der Waals surface area contributed by atoms with Crippen LogP contribution in [0.25, 0.3) is 0 Å². The van der Waals surface area contributed by atoms with Gasteiger partial charge in [-0.3, -0.25) is 4.79 Å². The number of carboxylic acid groups (broad SMARTS) is 1. The summed E-state index contributed by atoms with van der Waals surface area (Å²) in [6, 6.07) is 1.98. The second-order valence-electron chi connectivity index (χ2n) is 5.73. The Bertz CT molecular complexity index is 743. The van der Waals surface area contributed by atoms with Gasteiger partial charge in [0.25, 0.3) is 0 Å². The highest BCUT2D eigenvalue weighted by Gasteiger charge is 2.58. The predicted molar refractivity (Wildman–Crippen MR) is 73.6 cm³/mol. The number of carbonyl (C=O) groups is 1. The van der Waals surface area contributed by atoms with E-state index >= 15 is 0 Å². The Morgan fingerprint density at radius 2 is 1.77 bits per heavy atom. The van der Waals surface area contributed by atoms with Crippen LogP contribution < -0.4 is 0 Å². The number of hydrogen-bond acceptors (Lipinski definition) is 3. The summed E-state index contributed by atoms with van der Waals surface area (Å²) in [6.07, 6.45) is 0.673. The lowest BCUT2D eigenvalue weighted by Crippen LogP contribution is -2.58. The molecule has 0 amide bonds. The molecule has 0 radical (unpaired) electrons. The van der Waals surface area contributed by atoms with E-state index in [4.69, 9.17) is 0 Å². The van der Waals surface area contributed by atoms with Crippen molar-refractivity contribution in [3.63, 3.8) is 0 Å². The van der Waals surface area contributed by atoms with Gasteiger partial charge in [-0.25, -0.2) is 17.2 Å². The second-order valence-corrected chi connectivity index (χ2v) is 7.98. The van der Waals surface area contributed by atoms with Gasteiger partial charge in [0.15, 0.2) is 4.75 Å². The Morgan fingerprint density at radius 3 is 2.27 bits per heavy atom. The molecule has 1 heterocycles. The molecular formula is C14H15F2NO4S. The summed E-state index contributed by atoms with van der Waals surface area (Å²) in [5, 5.41) is 9.30. The van der Waals surface area contributed by atoms with Crippen LogP contribution in [0, 0.1) is 11.6 Å². The zero-order valence-electron chi connectivity index (χ0n) is 11.7. The third kappa shape index (κ3) is 1.97. The molecule has 2 aliphatic rings. The number of sulfonamides is 1. The molecule has 1 aliphatic heterocycles. The van der Waals surface area contributed by atoms with Crippen LogP contribution in [-0.4, -0.2) is 35.1 Å². The molecule has 0 atom stereocenters. The standard InChI is InChI=1S/C14H15F2NO4S/c15-11-2-3-12(16)10-8-17(7-4-9(10)11)22(20,21)14(13(18)19)5-1-6-14/h2-3H,1,4-8H2,(H,18,19). The summed E-state index contributed by atoms with van der Waals surface area (Å²) in [4.78, 5) is 11.4. The van der Waals surface area contributed by atoms with Crippen LogP contribution in [0.2, 0.25) is 0 Å². The number of fused-ring (bicyclic) bond motifs is 1. The minimum absolute atomic E-state index is 0.00492. The van der Waals surface area contributed by atoms with E-state index in [1.165, 1.54) is 0 Å². The summed E-state index contributed by atoms with van der Waals surface area (Å²) in [5.41, 5.74) is 0.166. The molecule has 1 aromatic carbocycles. The van der Waals surface area contributed by atoms with Crippen molar-refractivity contribution in [1.82, 2.24) is 4.31 Å². The van der Waals surface area contributed by atoms with E-state index in [1.54, 1.807) is 0 Å². The van der Waals surface area contributed by atoms with Crippen LogP contribution in [0.5, 0.6) is 0 Å². The molecule has 1 aliphatic carbocycles. The third-order valence-electron chi connectivity index (χ3n) is 4.65. The molecule has 0 unspecified atom stereocenters. The number of hydrogen-bond donors (Lipinski definition) is 1. The minimum atomic E-state index is -4.11. The van der Waals surface area contributed by atoms with Crippen LogP contribution >= 0.6 is 0 Å². The molecule has 0 spiro atoms. The number of rotatable bonds is 3. The largest absolute Gasteiger partial charge is 0.480 e. The lowest BCUT2D eigenvalue weighted by molar-refractivity contribution is -0.142. The van der Waals surface area contributed by atoms with Crippen LogP contribution in [0.4, 0.5) is 8.78 Å². The first-order chi connectivity index (χ1) is 10.3. The van der Waals surface area contributed by atoms with Crippen molar-refractivity contribution in [3.8, 4) is 0 Å². The van der Waals surface area contributed by atoms with Gasteiger partial charge in [-0.15, -0.1) is 0 Å². The zero-order chi connectivity index (χ0) is 16.1. The maximum Gasteiger partial charge on any atom is 0.326 e. The van der Waals surface area contributed by atoms with Crippen molar-refractivity contribution in [1.29, 1.82) is 0 Å². The maximum atomic E-state index is 13.9. The molecule has 120 valence electrons. The molecule has 0 saturated heterocycles. The summed E-state index contributed by atoms with van der Waals surface area (Å²) in [7, 11) is -4.11. The Labute approximate surface area is 126 Å². The molecule has 22 heavy (non-hydrogen) atoms. The van der Waals surface area contributed by atoms with Gasteiger partial charge in [0.2, 0.25) is 10.0 Å². The van der Waals surface area contributed by atoms with E-state index in [2.05, 4.69) is 0 Å². The van der Waals surface area contributed by atoms with E-state index < -0.39 is 32.4 Å². The molecule has 1 fully saturated rings. The maximum absolute atomic E-state index is 13.9. The predicted octanol–water partition coefficient (Wildman–Crippen LogP) is 1.66. The number of aliphatic carboxylic acids is 1. The minimum Gasteiger partial charge on any atom is -0.480 e. The molecule has 0 aromatic heterocycles. The fourth-order valence-corrected chi connectivity index (χ4v) is 5.25. The van der Waals surface area contributed by atoms with Crippen molar-refractivity contribution in [2.75, 3.05) is 6.54 Å². The highest BCUT2D eigenvalue weighted by atomic mass is 32.2.